The topological polar surface area (TPSA) is 51.2 Å². The third-order valence-corrected chi connectivity index (χ3v) is 1.80. The first-order chi connectivity index (χ1) is 5.20. The number of hydrogen-bond acceptors (Lipinski definition) is 3. The van der Waals surface area contributed by atoms with Crippen molar-refractivity contribution in [2.75, 3.05) is 0 Å². The van der Waals surface area contributed by atoms with Gasteiger partial charge in [0.05, 0.1) is 0 Å². The molecule has 0 radical (unpaired) electrons. The number of hydrogen-bond donors (Lipinski definition) is 0. The highest BCUT2D eigenvalue weighted by Crippen LogP contribution is 2.08. The van der Waals surface area contributed by atoms with Crippen molar-refractivity contribution in [2.24, 2.45) is 0 Å². The summed E-state index contributed by atoms with van der Waals surface area (Å²) in [7, 11) is 0. The van der Waals surface area contributed by atoms with Gasteiger partial charge in [0.15, 0.2) is 11.6 Å². The minimum absolute atomic E-state index is 0.103. The summed E-state index contributed by atoms with van der Waals surface area (Å²) in [6, 6.07) is 0. The molecule has 0 aromatic heterocycles. The van der Waals surface area contributed by atoms with Gasteiger partial charge in [-0.1, -0.05) is 0 Å². The van der Waals surface area contributed by atoms with Gasteiger partial charge in [-0.2, -0.15) is 0 Å². The van der Waals surface area contributed by atoms with E-state index in [4.69, 9.17) is 0 Å². The third-order valence-electron chi connectivity index (χ3n) is 1.80. The lowest BCUT2D eigenvalue weighted by Gasteiger charge is -2.04. The zero-order valence-electron chi connectivity index (χ0n) is 6.26. The van der Waals surface area contributed by atoms with Crippen molar-refractivity contribution in [2.45, 2.75) is 32.1 Å². The van der Waals surface area contributed by atoms with Gasteiger partial charge in [0.2, 0.25) is 0 Å². The van der Waals surface area contributed by atoms with E-state index in [9.17, 15) is 14.4 Å². The minimum Gasteiger partial charge on any atom is -0.300 e. The van der Waals surface area contributed by atoms with Crippen molar-refractivity contribution in [1.29, 1.82) is 0 Å². The van der Waals surface area contributed by atoms with Gasteiger partial charge in [0.1, 0.15) is 5.78 Å². The summed E-state index contributed by atoms with van der Waals surface area (Å²) >= 11 is 0. The number of Topliss-reactive ketones (excluding diaryl/α,β-unsaturated/α-hetero) is 3. The molecule has 0 spiro atoms. The first-order valence-electron chi connectivity index (χ1n) is 3.78. The molecular weight excluding hydrogens is 144 g/mol. The van der Waals surface area contributed by atoms with Crippen LogP contribution in [-0.4, -0.2) is 17.3 Å². The van der Waals surface area contributed by atoms with Crippen LogP contribution in [0.5, 0.6) is 0 Å². The fourth-order valence-electron chi connectivity index (χ4n) is 1.10. The van der Waals surface area contributed by atoms with Gasteiger partial charge >= 0.3 is 0 Å². The van der Waals surface area contributed by atoms with E-state index < -0.39 is 0 Å². The second-order valence-corrected chi connectivity index (χ2v) is 2.74. The van der Waals surface area contributed by atoms with Crippen molar-refractivity contribution in [1.82, 2.24) is 0 Å². The zero-order valence-corrected chi connectivity index (χ0v) is 6.26. The monoisotopic (exact) mass is 154 g/mol. The Bertz CT molecular complexity index is 205. The summed E-state index contributed by atoms with van der Waals surface area (Å²) in [4.78, 5) is 32.4. The Morgan fingerprint density at radius 2 is 1.36 bits per heavy atom. The van der Waals surface area contributed by atoms with Crippen LogP contribution in [0.4, 0.5) is 0 Å². The van der Waals surface area contributed by atoms with Gasteiger partial charge in [-0.15, -0.1) is 0 Å². The molecule has 0 unspecified atom stereocenters. The lowest BCUT2D eigenvalue weighted by Crippen LogP contribution is -2.18. The van der Waals surface area contributed by atoms with Crippen LogP contribution in [0.2, 0.25) is 0 Å². The molecule has 11 heavy (non-hydrogen) atoms. The summed E-state index contributed by atoms with van der Waals surface area (Å²) in [6.45, 7) is 0. The number of carbonyl (C=O) groups is 3. The molecule has 0 aromatic carbocycles. The second-order valence-electron chi connectivity index (χ2n) is 2.74. The standard InChI is InChI=1S/C8H10O3/c9-6-2-1-3-7(10)8(11)5-4-6/h1-5H2. The van der Waals surface area contributed by atoms with Crippen LogP contribution in [0, 0.1) is 0 Å². The Morgan fingerprint density at radius 3 is 2.09 bits per heavy atom. The molecule has 0 bridgehead atoms. The number of ketones is 3. The average molecular weight is 154 g/mol. The molecule has 0 saturated heterocycles. The van der Waals surface area contributed by atoms with Crippen LogP contribution in [0.1, 0.15) is 32.1 Å². The Labute approximate surface area is 64.8 Å². The molecule has 1 aliphatic rings. The Kier molecular flexibility index (Phi) is 2.52. The number of carbonyl (C=O) groups excluding carboxylic acids is 3. The van der Waals surface area contributed by atoms with Crippen LogP contribution in [0.15, 0.2) is 0 Å². The zero-order chi connectivity index (χ0) is 8.27. The van der Waals surface area contributed by atoms with Crippen LogP contribution >= 0.6 is 0 Å². The fourth-order valence-corrected chi connectivity index (χ4v) is 1.10. The average Bonchev–Trinajstić information content (AvgIpc) is 1.98. The quantitative estimate of drug-likeness (QED) is 0.481. The molecule has 3 heteroatoms. The summed E-state index contributed by atoms with van der Waals surface area (Å²) in [5.41, 5.74) is 0. The normalized spacial score (nSPS) is 21.3. The van der Waals surface area contributed by atoms with E-state index >= 15 is 0 Å². The van der Waals surface area contributed by atoms with E-state index in [2.05, 4.69) is 0 Å². The highest BCUT2D eigenvalue weighted by Gasteiger charge is 2.18. The minimum atomic E-state index is -0.377. The molecule has 1 fully saturated rings. The molecule has 0 atom stereocenters. The molecule has 1 aliphatic carbocycles. The first-order valence-corrected chi connectivity index (χ1v) is 3.78. The lowest BCUT2D eigenvalue weighted by atomic mass is 9.98. The van der Waals surface area contributed by atoms with Crippen LogP contribution < -0.4 is 0 Å². The number of rotatable bonds is 0. The molecule has 0 amide bonds. The molecule has 0 N–H and O–H groups in total. The van der Waals surface area contributed by atoms with Crippen molar-refractivity contribution >= 4 is 17.3 Å². The summed E-state index contributed by atoms with van der Waals surface area (Å²) in [5.74, 6) is -0.582. The molecule has 0 aliphatic heterocycles. The second kappa shape index (κ2) is 3.42. The van der Waals surface area contributed by atoms with Gasteiger partial charge < -0.3 is 0 Å². The van der Waals surface area contributed by atoms with Crippen LogP contribution in [0.25, 0.3) is 0 Å². The van der Waals surface area contributed by atoms with Gasteiger partial charge in [0.25, 0.3) is 0 Å². The van der Waals surface area contributed by atoms with Crippen molar-refractivity contribution < 1.29 is 14.4 Å². The third kappa shape index (κ3) is 2.26. The molecule has 1 rings (SSSR count). The highest BCUT2D eigenvalue weighted by atomic mass is 16.2. The van der Waals surface area contributed by atoms with E-state index in [1.54, 1.807) is 0 Å². The molecule has 3 nitrogen and oxygen atoms in total. The van der Waals surface area contributed by atoms with E-state index in [-0.39, 0.29) is 36.6 Å². The van der Waals surface area contributed by atoms with Gasteiger partial charge in [0, 0.05) is 25.7 Å². The SMILES string of the molecule is O=C1CCCC(=O)C(=O)CC1. The summed E-state index contributed by atoms with van der Waals surface area (Å²) in [5, 5.41) is 0. The Balaban J connectivity index is 2.54. The van der Waals surface area contributed by atoms with Gasteiger partial charge in [-0.3, -0.25) is 14.4 Å². The van der Waals surface area contributed by atoms with E-state index in [1.165, 1.54) is 0 Å². The van der Waals surface area contributed by atoms with Crippen molar-refractivity contribution in [3.63, 3.8) is 0 Å². The van der Waals surface area contributed by atoms with E-state index in [0.29, 0.717) is 12.8 Å². The van der Waals surface area contributed by atoms with Gasteiger partial charge in [-0.25, -0.2) is 0 Å². The molecule has 0 aromatic rings. The lowest BCUT2D eigenvalue weighted by molar-refractivity contribution is -0.138. The Hall–Kier alpha value is -0.990. The largest absolute Gasteiger partial charge is 0.300 e. The summed E-state index contributed by atoms with van der Waals surface area (Å²) < 4.78 is 0. The fraction of sp³-hybridized carbons (Fsp3) is 0.625. The van der Waals surface area contributed by atoms with Crippen LogP contribution in [-0.2, 0) is 14.4 Å². The van der Waals surface area contributed by atoms with Crippen molar-refractivity contribution in [3.05, 3.63) is 0 Å². The predicted octanol–water partition coefficient (Wildman–Crippen LogP) is 0.658. The van der Waals surface area contributed by atoms with Crippen LogP contribution in [0.3, 0.4) is 0 Å². The maximum Gasteiger partial charge on any atom is 0.198 e. The summed E-state index contributed by atoms with van der Waals surface area (Å²) in [6.07, 6.45) is 1.63. The highest BCUT2D eigenvalue weighted by molar-refractivity contribution is 6.37. The predicted molar refractivity (Wildman–Crippen MR) is 38.1 cm³/mol. The maximum absolute atomic E-state index is 10.8. The van der Waals surface area contributed by atoms with E-state index in [0.717, 1.165) is 0 Å². The van der Waals surface area contributed by atoms with Crippen molar-refractivity contribution in [3.8, 4) is 0 Å². The Morgan fingerprint density at radius 1 is 0.727 bits per heavy atom. The first kappa shape index (κ1) is 8.11. The smallest absolute Gasteiger partial charge is 0.198 e. The molecule has 60 valence electrons. The van der Waals surface area contributed by atoms with E-state index in [1.807, 2.05) is 0 Å². The molecule has 0 heterocycles. The molecule has 1 saturated carbocycles. The maximum atomic E-state index is 10.8. The van der Waals surface area contributed by atoms with Gasteiger partial charge in [-0.05, 0) is 6.42 Å². The molecular formula is C8H10O3.